The molecule has 0 bridgehead atoms. The Kier molecular flexibility index (Phi) is 4.85. The highest BCUT2D eigenvalue weighted by molar-refractivity contribution is 5.20. The van der Waals surface area contributed by atoms with Crippen LogP contribution in [0.3, 0.4) is 0 Å². The molecule has 1 heterocycles. The maximum atomic E-state index is 5.62. The fraction of sp³-hybridized carbons (Fsp3) is 0.333. The largest absolute Gasteiger partial charge is 0.494 e. The molecule has 2 aromatic rings. The quantitative estimate of drug-likeness (QED) is 0.758. The first kappa shape index (κ1) is 12.7. The van der Waals surface area contributed by atoms with Crippen molar-refractivity contribution in [3.8, 4) is 5.75 Å². The van der Waals surface area contributed by atoms with Crippen molar-refractivity contribution in [2.45, 2.75) is 13.0 Å². The van der Waals surface area contributed by atoms with Gasteiger partial charge in [-0.05, 0) is 37.2 Å². The Bertz CT molecular complexity index is 451. The van der Waals surface area contributed by atoms with Crippen LogP contribution in [0.15, 0.2) is 48.7 Å². The van der Waals surface area contributed by atoms with Crippen LogP contribution in [0.4, 0.5) is 0 Å². The lowest BCUT2D eigenvalue weighted by atomic mass is 10.3. The molecule has 0 saturated carbocycles. The minimum Gasteiger partial charge on any atom is -0.494 e. The second-order valence-corrected chi connectivity index (χ2v) is 4.30. The molecule has 3 heteroatoms. The zero-order valence-electron chi connectivity index (χ0n) is 10.8. The Morgan fingerprint density at radius 3 is 2.67 bits per heavy atom. The third-order valence-corrected chi connectivity index (χ3v) is 2.87. The van der Waals surface area contributed by atoms with Gasteiger partial charge in [0.25, 0.3) is 0 Å². The van der Waals surface area contributed by atoms with E-state index >= 15 is 0 Å². The molecule has 0 radical (unpaired) electrons. The molecule has 2 rings (SSSR count). The zero-order chi connectivity index (χ0) is 12.6. The van der Waals surface area contributed by atoms with Gasteiger partial charge in [0, 0.05) is 25.5 Å². The number of hydrogen-bond acceptors (Lipinski definition) is 2. The number of aryl methyl sites for hydroxylation is 1. The van der Waals surface area contributed by atoms with Gasteiger partial charge in [0.05, 0.1) is 6.61 Å². The van der Waals surface area contributed by atoms with E-state index in [-0.39, 0.29) is 0 Å². The number of nitrogens with zero attached hydrogens (tertiary/aromatic N) is 1. The summed E-state index contributed by atoms with van der Waals surface area (Å²) in [5, 5.41) is 3.41. The Balaban J connectivity index is 1.56. The standard InChI is InChI=1S/C15H20N2O/c1-17-11-5-7-14(17)13-16-10-6-12-18-15-8-3-2-4-9-15/h2-5,7-9,11,16H,6,10,12-13H2,1H3. The number of nitrogens with one attached hydrogen (secondary N) is 1. The first-order valence-electron chi connectivity index (χ1n) is 6.35. The van der Waals surface area contributed by atoms with Crippen molar-refractivity contribution in [2.24, 2.45) is 7.05 Å². The van der Waals surface area contributed by atoms with Gasteiger partial charge in [-0.1, -0.05) is 18.2 Å². The molecule has 0 aliphatic heterocycles. The lowest BCUT2D eigenvalue weighted by Gasteiger charge is -2.07. The Morgan fingerprint density at radius 1 is 1.11 bits per heavy atom. The molecular formula is C15H20N2O. The fourth-order valence-corrected chi connectivity index (χ4v) is 1.80. The monoisotopic (exact) mass is 244 g/mol. The van der Waals surface area contributed by atoms with E-state index in [1.165, 1.54) is 5.69 Å². The highest BCUT2D eigenvalue weighted by Crippen LogP contribution is 2.08. The third-order valence-electron chi connectivity index (χ3n) is 2.87. The minimum absolute atomic E-state index is 0.754. The van der Waals surface area contributed by atoms with Crippen LogP contribution in [-0.4, -0.2) is 17.7 Å². The molecule has 1 N–H and O–H groups in total. The van der Waals surface area contributed by atoms with Crippen molar-refractivity contribution in [3.63, 3.8) is 0 Å². The van der Waals surface area contributed by atoms with Gasteiger partial charge in [-0.3, -0.25) is 0 Å². The molecule has 3 nitrogen and oxygen atoms in total. The molecule has 0 spiro atoms. The summed E-state index contributed by atoms with van der Waals surface area (Å²) in [6.07, 6.45) is 3.08. The van der Waals surface area contributed by atoms with Crippen LogP contribution in [-0.2, 0) is 13.6 Å². The van der Waals surface area contributed by atoms with Gasteiger partial charge >= 0.3 is 0 Å². The summed E-state index contributed by atoms with van der Waals surface area (Å²) in [6.45, 7) is 2.64. The highest BCUT2D eigenvalue weighted by atomic mass is 16.5. The zero-order valence-corrected chi connectivity index (χ0v) is 10.8. The number of ether oxygens (including phenoxy) is 1. The average Bonchev–Trinajstić information content (AvgIpc) is 2.81. The topological polar surface area (TPSA) is 26.2 Å². The molecule has 0 aliphatic carbocycles. The molecule has 0 aliphatic rings. The van der Waals surface area contributed by atoms with Gasteiger partial charge in [0.15, 0.2) is 0 Å². The van der Waals surface area contributed by atoms with E-state index in [1.54, 1.807) is 0 Å². The summed E-state index contributed by atoms with van der Waals surface area (Å²) in [5.41, 5.74) is 1.30. The van der Waals surface area contributed by atoms with Crippen molar-refractivity contribution in [1.29, 1.82) is 0 Å². The number of para-hydroxylation sites is 1. The number of rotatable bonds is 7. The fourth-order valence-electron chi connectivity index (χ4n) is 1.80. The first-order chi connectivity index (χ1) is 8.86. The molecule has 0 amide bonds. The van der Waals surface area contributed by atoms with Crippen molar-refractivity contribution < 1.29 is 4.74 Å². The lowest BCUT2D eigenvalue weighted by Crippen LogP contribution is -2.18. The van der Waals surface area contributed by atoms with E-state index in [0.717, 1.165) is 31.9 Å². The summed E-state index contributed by atoms with van der Waals surface area (Å²) in [7, 11) is 2.07. The average molecular weight is 244 g/mol. The lowest BCUT2D eigenvalue weighted by molar-refractivity contribution is 0.308. The van der Waals surface area contributed by atoms with Gasteiger partial charge < -0.3 is 14.6 Å². The molecule has 0 atom stereocenters. The third kappa shape index (κ3) is 3.93. The number of hydrogen-bond donors (Lipinski definition) is 1. The van der Waals surface area contributed by atoms with E-state index in [1.807, 2.05) is 30.3 Å². The first-order valence-corrected chi connectivity index (χ1v) is 6.35. The number of benzene rings is 1. The van der Waals surface area contributed by atoms with Crippen LogP contribution in [0.5, 0.6) is 5.75 Å². The predicted octanol–water partition coefficient (Wildman–Crippen LogP) is 2.58. The Morgan fingerprint density at radius 2 is 1.94 bits per heavy atom. The van der Waals surface area contributed by atoms with E-state index in [4.69, 9.17) is 4.74 Å². The van der Waals surface area contributed by atoms with E-state index in [2.05, 4.69) is 35.3 Å². The summed E-state index contributed by atoms with van der Waals surface area (Å²) >= 11 is 0. The molecule has 18 heavy (non-hydrogen) atoms. The van der Waals surface area contributed by atoms with E-state index < -0.39 is 0 Å². The van der Waals surface area contributed by atoms with Gasteiger partial charge in [-0.25, -0.2) is 0 Å². The maximum absolute atomic E-state index is 5.62. The van der Waals surface area contributed by atoms with Crippen LogP contribution < -0.4 is 10.1 Å². The normalized spacial score (nSPS) is 10.5. The summed E-state index contributed by atoms with van der Waals surface area (Å²) in [5.74, 6) is 0.944. The second-order valence-electron chi connectivity index (χ2n) is 4.30. The van der Waals surface area contributed by atoms with Crippen molar-refractivity contribution >= 4 is 0 Å². The van der Waals surface area contributed by atoms with Gasteiger partial charge in [-0.15, -0.1) is 0 Å². The van der Waals surface area contributed by atoms with Crippen LogP contribution in [0, 0.1) is 0 Å². The summed E-state index contributed by atoms with van der Waals surface area (Å²) in [6, 6.07) is 14.1. The maximum Gasteiger partial charge on any atom is 0.119 e. The van der Waals surface area contributed by atoms with Gasteiger partial charge in [-0.2, -0.15) is 0 Å². The van der Waals surface area contributed by atoms with Crippen LogP contribution >= 0.6 is 0 Å². The molecule has 0 fully saturated rings. The van der Waals surface area contributed by atoms with Crippen LogP contribution in [0.25, 0.3) is 0 Å². The highest BCUT2D eigenvalue weighted by Gasteiger charge is 1.96. The molecule has 0 unspecified atom stereocenters. The van der Waals surface area contributed by atoms with Crippen molar-refractivity contribution in [1.82, 2.24) is 9.88 Å². The molecule has 96 valence electrons. The minimum atomic E-state index is 0.754. The van der Waals surface area contributed by atoms with Crippen LogP contribution in [0.2, 0.25) is 0 Å². The van der Waals surface area contributed by atoms with Crippen LogP contribution in [0.1, 0.15) is 12.1 Å². The van der Waals surface area contributed by atoms with Crippen molar-refractivity contribution in [3.05, 3.63) is 54.4 Å². The summed E-state index contributed by atoms with van der Waals surface area (Å²) < 4.78 is 7.75. The molecule has 1 aromatic carbocycles. The SMILES string of the molecule is Cn1cccc1CNCCCOc1ccccc1. The van der Waals surface area contributed by atoms with Gasteiger partial charge in [0.1, 0.15) is 5.75 Å². The number of aromatic nitrogens is 1. The molecular weight excluding hydrogens is 224 g/mol. The molecule has 0 saturated heterocycles. The van der Waals surface area contributed by atoms with E-state index in [0.29, 0.717) is 0 Å². The molecule has 1 aromatic heterocycles. The van der Waals surface area contributed by atoms with Crippen molar-refractivity contribution in [2.75, 3.05) is 13.2 Å². The Hall–Kier alpha value is -1.74. The smallest absolute Gasteiger partial charge is 0.119 e. The summed E-state index contributed by atoms with van der Waals surface area (Å²) in [4.78, 5) is 0. The second kappa shape index (κ2) is 6.87. The van der Waals surface area contributed by atoms with Gasteiger partial charge in [0.2, 0.25) is 0 Å². The Labute approximate surface area is 108 Å². The van der Waals surface area contributed by atoms with E-state index in [9.17, 15) is 0 Å². The predicted molar refractivity (Wildman–Crippen MR) is 73.7 cm³/mol.